The zero-order valence-electron chi connectivity index (χ0n) is 11.1. The fourth-order valence-electron chi connectivity index (χ4n) is 1.87. The van der Waals surface area contributed by atoms with Gasteiger partial charge in [0.25, 0.3) is 5.91 Å². The van der Waals surface area contributed by atoms with E-state index in [0.717, 1.165) is 16.8 Å². The van der Waals surface area contributed by atoms with Crippen molar-refractivity contribution in [1.82, 2.24) is 0 Å². The number of anilines is 1. The summed E-state index contributed by atoms with van der Waals surface area (Å²) < 4.78 is 0. The molecule has 0 aliphatic rings. The van der Waals surface area contributed by atoms with E-state index < -0.39 is 4.84 Å². The van der Waals surface area contributed by atoms with Crippen LogP contribution >= 0.6 is 23.2 Å². The number of amides is 1. The molecule has 4 heteroatoms. The normalized spacial score (nSPS) is 11.4. The number of nitrogens with one attached hydrogen (secondary N) is 1. The van der Waals surface area contributed by atoms with Gasteiger partial charge in [0.1, 0.15) is 0 Å². The second-order valence-electron chi connectivity index (χ2n) is 4.91. The summed E-state index contributed by atoms with van der Waals surface area (Å²) in [7, 11) is 0. The maximum Gasteiger partial charge on any atom is 0.257 e. The van der Waals surface area contributed by atoms with Crippen molar-refractivity contribution in [3.63, 3.8) is 0 Å². The molecule has 1 amide bonds. The molecular formula is C14H19Cl2NO. The zero-order valence-corrected chi connectivity index (χ0v) is 12.6. The molecule has 0 aliphatic carbocycles. The van der Waals surface area contributed by atoms with Crippen molar-refractivity contribution in [2.75, 3.05) is 5.32 Å². The molecule has 0 aliphatic heterocycles. The van der Waals surface area contributed by atoms with Gasteiger partial charge in [0.15, 0.2) is 4.84 Å². The number of para-hydroxylation sites is 1. The average molecular weight is 288 g/mol. The van der Waals surface area contributed by atoms with Crippen LogP contribution in [0.25, 0.3) is 0 Å². The molecule has 0 bridgehead atoms. The van der Waals surface area contributed by atoms with Gasteiger partial charge in [-0.3, -0.25) is 4.79 Å². The molecule has 0 saturated heterocycles. The first kappa shape index (κ1) is 15.3. The van der Waals surface area contributed by atoms with Crippen LogP contribution < -0.4 is 5.32 Å². The standard InChI is InChI=1S/C14H19Cl2NO/c1-8(2)10-6-5-7-11(9(3)4)12(10)17-14(18)13(15)16/h5-9,13H,1-4H3,(H,17,18). The van der Waals surface area contributed by atoms with Crippen molar-refractivity contribution in [1.29, 1.82) is 0 Å². The molecule has 0 atom stereocenters. The fourth-order valence-corrected chi connectivity index (χ4v) is 1.98. The third-order valence-electron chi connectivity index (χ3n) is 2.82. The molecule has 1 aromatic rings. The second-order valence-corrected chi connectivity index (χ2v) is 6.01. The SMILES string of the molecule is CC(C)c1cccc(C(C)C)c1NC(=O)C(Cl)Cl. The number of alkyl halides is 2. The van der Waals surface area contributed by atoms with Crippen molar-refractivity contribution in [2.24, 2.45) is 0 Å². The number of hydrogen-bond donors (Lipinski definition) is 1. The summed E-state index contributed by atoms with van der Waals surface area (Å²) in [5.41, 5.74) is 3.05. The molecular weight excluding hydrogens is 269 g/mol. The Balaban J connectivity index is 3.23. The van der Waals surface area contributed by atoms with E-state index in [0.29, 0.717) is 11.8 Å². The van der Waals surface area contributed by atoms with Crippen LogP contribution in [0.1, 0.15) is 50.7 Å². The minimum Gasteiger partial charge on any atom is -0.323 e. The summed E-state index contributed by atoms with van der Waals surface area (Å²) in [6.07, 6.45) is 0. The van der Waals surface area contributed by atoms with Gasteiger partial charge in [0.2, 0.25) is 0 Å². The van der Waals surface area contributed by atoms with Crippen LogP contribution in [0.4, 0.5) is 5.69 Å². The molecule has 1 rings (SSSR count). The summed E-state index contributed by atoms with van der Waals surface area (Å²) in [6, 6.07) is 6.05. The minimum absolute atomic E-state index is 0.322. The van der Waals surface area contributed by atoms with Crippen LogP contribution in [-0.2, 0) is 4.79 Å². The summed E-state index contributed by atoms with van der Waals surface area (Å²) >= 11 is 11.2. The van der Waals surface area contributed by atoms with Gasteiger partial charge in [-0.1, -0.05) is 69.1 Å². The van der Waals surface area contributed by atoms with E-state index in [1.807, 2.05) is 18.2 Å². The van der Waals surface area contributed by atoms with Crippen LogP contribution in [0.5, 0.6) is 0 Å². The van der Waals surface area contributed by atoms with E-state index in [1.54, 1.807) is 0 Å². The molecule has 0 radical (unpaired) electrons. The lowest BCUT2D eigenvalue weighted by molar-refractivity contribution is -0.114. The monoisotopic (exact) mass is 287 g/mol. The molecule has 0 unspecified atom stereocenters. The van der Waals surface area contributed by atoms with Gasteiger partial charge < -0.3 is 5.32 Å². The maximum atomic E-state index is 11.7. The highest BCUT2D eigenvalue weighted by Gasteiger charge is 2.18. The first-order valence-corrected chi connectivity index (χ1v) is 6.93. The third-order valence-corrected chi connectivity index (χ3v) is 3.22. The summed E-state index contributed by atoms with van der Waals surface area (Å²) in [6.45, 7) is 8.36. The van der Waals surface area contributed by atoms with Crippen LogP contribution in [0.15, 0.2) is 18.2 Å². The van der Waals surface area contributed by atoms with Crippen LogP contribution in [0, 0.1) is 0 Å². The van der Waals surface area contributed by atoms with Gasteiger partial charge >= 0.3 is 0 Å². The van der Waals surface area contributed by atoms with Gasteiger partial charge in [0, 0.05) is 5.69 Å². The molecule has 0 spiro atoms. The van der Waals surface area contributed by atoms with Crippen LogP contribution in [0.3, 0.4) is 0 Å². The summed E-state index contributed by atoms with van der Waals surface area (Å²) in [4.78, 5) is 10.6. The average Bonchev–Trinajstić information content (AvgIpc) is 2.28. The lowest BCUT2D eigenvalue weighted by atomic mass is 9.92. The van der Waals surface area contributed by atoms with Crippen molar-refractivity contribution in [2.45, 2.75) is 44.4 Å². The lowest BCUT2D eigenvalue weighted by Gasteiger charge is -2.20. The Morgan fingerprint density at radius 1 is 1.06 bits per heavy atom. The highest BCUT2D eigenvalue weighted by molar-refractivity contribution is 6.54. The molecule has 18 heavy (non-hydrogen) atoms. The lowest BCUT2D eigenvalue weighted by Crippen LogP contribution is -2.21. The Morgan fingerprint density at radius 3 is 1.83 bits per heavy atom. The molecule has 2 nitrogen and oxygen atoms in total. The highest BCUT2D eigenvalue weighted by atomic mass is 35.5. The predicted octanol–water partition coefficient (Wildman–Crippen LogP) is 4.68. The van der Waals surface area contributed by atoms with E-state index in [1.165, 1.54) is 0 Å². The van der Waals surface area contributed by atoms with E-state index in [2.05, 4.69) is 33.0 Å². The largest absolute Gasteiger partial charge is 0.323 e. The molecule has 0 heterocycles. The Labute approximate surface area is 119 Å². The number of carbonyl (C=O) groups excluding carboxylic acids is 1. The minimum atomic E-state index is -1.05. The first-order chi connectivity index (χ1) is 8.34. The van der Waals surface area contributed by atoms with Gasteiger partial charge in [-0.15, -0.1) is 0 Å². The van der Waals surface area contributed by atoms with Gasteiger partial charge in [-0.2, -0.15) is 0 Å². The number of benzene rings is 1. The fraction of sp³-hybridized carbons (Fsp3) is 0.500. The number of halogens is 2. The van der Waals surface area contributed by atoms with Gasteiger partial charge in [-0.25, -0.2) is 0 Å². The van der Waals surface area contributed by atoms with Gasteiger partial charge in [0.05, 0.1) is 0 Å². The molecule has 0 aromatic heterocycles. The molecule has 0 saturated carbocycles. The Morgan fingerprint density at radius 2 is 1.50 bits per heavy atom. The Bertz CT molecular complexity index is 402. The van der Waals surface area contributed by atoms with Crippen molar-refractivity contribution >= 4 is 34.8 Å². The highest BCUT2D eigenvalue weighted by Crippen LogP contribution is 2.32. The molecule has 100 valence electrons. The number of carbonyl (C=O) groups is 1. The van der Waals surface area contributed by atoms with Crippen molar-refractivity contribution < 1.29 is 4.79 Å². The number of hydrogen-bond acceptors (Lipinski definition) is 1. The smallest absolute Gasteiger partial charge is 0.257 e. The van der Waals surface area contributed by atoms with E-state index in [4.69, 9.17) is 23.2 Å². The maximum absolute atomic E-state index is 11.7. The van der Waals surface area contributed by atoms with E-state index in [9.17, 15) is 4.79 Å². The quantitative estimate of drug-likeness (QED) is 0.801. The molecule has 1 N–H and O–H groups in total. The van der Waals surface area contributed by atoms with Crippen molar-refractivity contribution in [3.8, 4) is 0 Å². The van der Waals surface area contributed by atoms with Gasteiger partial charge in [-0.05, 0) is 23.0 Å². The number of rotatable bonds is 4. The van der Waals surface area contributed by atoms with E-state index in [-0.39, 0.29) is 5.91 Å². The molecule has 0 fully saturated rings. The van der Waals surface area contributed by atoms with Crippen LogP contribution in [0.2, 0.25) is 0 Å². The Kier molecular flexibility index (Phi) is 5.48. The topological polar surface area (TPSA) is 29.1 Å². The van der Waals surface area contributed by atoms with Crippen LogP contribution in [-0.4, -0.2) is 10.7 Å². The Hall–Kier alpha value is -0.730. The van der Waals surface area contributed by atoms with E-state index >= 15 is 0 Å². The zero-order chi connectivity index (χ0) is 13.9. The third kappa shape index (κ3) is 3.63. The first-order valence-electron chi connectivity index (χ1n) is 6.06. The predicted molar refractivity (Wildman–Crippen MR) is 78.7 cm³/mol. The van der Waals surface area contributed by atoms with Crippen molar-refractivity contribution in [3.05, 3.63) is 29.3 Å². The summed E-state index contributed by atoms with van der Waals surface area (Å²) in [5, 5.41) is 2.84. The summed E-state index contributed by atoms with van der Waals surface area (Å²) in [5.74, 6) is 0.263. The molecule has 1 aromatic carbocycles. The second kappa shape index (κ2) is 6.44.